The molecule has 10 nitrogen and oxygen atoms in total. The molecular weight excluding hydrogens is 516 g/mol. The molecule has 1 unspecified atom stereocenters. The first-order valence-electron chi connectivity index (χ1n) is 13.1. The average Bonchev–Trinajstić information content (AvgIpc) is 2.86. The third-order valence-corrected chi connectivity index (χ3v) is 8.25. The van der Waals surface area contributed by atoms with Crippen LogP contribution in [0.4, 0.5) is 17.1 Å². The Hall–Kier alpha value is -3.41. The molecule has 1 atom stereocenters. The predicted octanol–water partition coefficient (Wildman–Crippen LogP) is 3.57. The molecule has 2 aromatic rings. The lowest BCUT2D eigenvalue weighted by molar-refractivity contribution is -0.138. The molecule has 2 aliphatic rings. The van der Waals surface area contributed by atoms with Gasteiger partial charge in [-0.25, -0.2) is 13.1 Å². The molecule has 1 fully saturated rings. The molecule has 11 heteroatoms. The molecule has 4 rings (SSSR count). The van der Waals surface area contributed by atoms with E-state index >= 15 is 0 Å². The standard InChI is InChI=1S/C28H38N6O4S/c1-20-18-29-26(17-25(20)30-22-6-5-7-24(16-22)39(37,38)32-28(2,3)4)31-21-8-10-23(11-9-21)34-14-12-33(13-15-34)19-27(35)36/h5-11,16,18,26,30-32H,12-15,17,19H2,1-4H3,(H,35,36). The summed E-state index contributed by atoms with van der Waals surface area (Å²) in [5.74, 6) is -0.789. The first-order chi connectivity index (χ1) is 18.4. The van der Waals surface area contributed by atoms with Crippen molar-refractivity contribution in [2.24, 2.45) is 4.99 Å². The number of carboxylic acid groups (broad SMARTS) is 1. The van der Waals surface area contributed by atoms with Gasteiger partial charge in [-0.05, 0) is 75.7 Å². The normalized spacial score (nSPS) is 18.8. The molecule has 210 valence electrons. The second-order valence-corrected chi connectivity index (χ2v) is 12.7. The number of anilines is 3. The highest BCUT2D eigenvalue weighted by molar-refractivity contribution is 7.89. The maximum absolute atomic E-state index is 12.8. The van der Waals surface area contributed by atoms with Gasteiger partial charge in [-0.2, -0.15) is 0 Å². The van der Waals surface area contributed by atoms with Crippen LogP contribution in [0.25, 0.3) is 0 Å². The van der Waals surface area contributed by atoms with Crippen molar-refractivity contribution in [3.8, 4) is 0 Å². The van der Waals surface area contributed by atoms with Gasteiger partial charge in [0, 0.05) is 67.1 Å². The quantitative estimate of drug-likeness (QED) is 0.371. The first-order valence-corrected chi connectivity index (χ1v) is 14.6. The minimum atomic E-state index is -3.64. The summed E-state index contributed by atoms with van der Waals surface area (Å²) in [5.41, 5.74) is 4.14. The van der Waals surface area contributed by atoms with Crippen molar-refractivity contribution >= 4 is 39.3 Å². The molecule has 39 heavy (non-hydrogen) atoms. The van der Waals surface area contributed by atoms with E-state index < -0.39 is 21.5 Å². The van der Waals surface area contributed by atoms with E-state index in [1.807, 2.05) is 57.0 Å². The van der Waals surface area contributed by atoms with E-state index in [1.165, 1.54) is 0 Å². The van der Waals surface area contributed by atoms with Crippen molar-refractivity contribution in [3.05, 3.63) is 59.8 Å². The molecule has 0 aromatic heterocycles. The maximum atomic E-state index is 12.8. The Bertz CT molecular complexity index is 1340. The van der Waals surface area contributed by atoms with Gasteiger partial charge >= 0.3 is 5.97 Å². The highest BCUT2D eigenvalue weighted by Crippen LogP contribution is 2.25. The van der Waals surface area contributed by atoms with Gasteiger partial charge < -0.3 is 20.6 Å². The lowest BCUT2D eigenvalue weighted by Gasteiger charge is -2.35. The van der Waals surface area contributed by atoms with E-state index in [0.717, 1.165) is 48.8 Å². The predicted molar refractivity (Wildman–Crippen MR) is 156 cm³/mol. The molecule has 0 bridgehead atoms. The lowest BCUT2D eigenvalue weighted by atomic mass is 10.1. The van der Waals surface area contributed by atoms with Crippen molar-refractivity contribution in [1.82, 2.24) is 9.62 Å². The maximum Gasteiger partial charge on any atom is 0.317 e. The van der Waals surface area contributed by atoms with Gasteiger partial charge in [-0.1, -0.05) is 6.07 Å². The Labute approximate surface area is 230 Å². The summed E-state index contributed by atoms with van der Waals surface area (Å²) in [6, 6.07) is 15.0. The molecule has 0 radical (unpaired) electrons. The number of aliphatic carboxylic acids is 1. The number of nitrogens with one attached hydrogen (secondary N) is 3. The fourth-order valence-electron chi connectivity index (χ4n) is 4.62. The zero-order chi connectivity index (χ0) is 28.2. The number of piperazine rings is 1. The zero-order valence-corrected chi connectivity index (χ0v) is 23.8. The van der Waals surface area contributed by atoms with Gasteiger partial charge in [0.2, 0.25) is 10.0 Å². The molecule has 2 aliphatic heterocycles. The molecule has 1 saturated heterocycles. The van der Waals surface area contributed by atoms with Gasteiger partial charge in [-0.15, -0.1) is 0 Å². The minimum Gasteiger partial charge on any atom is -0.480 e. The number of carboxylic acids is 1. The SMILES string of the molecule is CC1=C(Nc2cccc(S(=O)(=O)NC(C)(C)C)c2)CC(Nc2ccc(N3CCN(CC(=O)O)CC3)cc2)N=C1. The van der Waals surface area contributed by atoms with Gasteiger partial charge in [0.25, 0.3) is 0 Å². The Morgan fingerprint density at radius 2 is 1.74 bits per heavy atom. The van der Waals surface area contributed by atoms with E-state index in [-0.39, 0.29) is 17.6 Å². The van der Waals surface area contributed by atoms with Gasteiger partial charge in [-0.3, -0.25) is 14.7 Å². The molecule has 0 amide bonds. The second kappa shape index (κ2) is 11.8. The third-order valence-electron chi connectivity index (χ3n) is 6.50. The number of hydrogen-bond donors (Lipinski definition) is 4. The fourth-order valence-corrected chi connectivity index (χ4v) is 6.08. The summed E-state index contributed by atoms with van der Waals surface area (Å²) in [6.45, 7) is 10.5. The van der Waals surface area contributed by atoms with Crippen LogP contribution >= 0.6 is 0 Å². The number of rotatable bonds is 9. The third kappa shape index (κ3) is 8.04. The topological polar surface area (TPSA) is 126 Å². The average molecular weight is 555 g/mol. The van der Waals surface area contributed by atoms with Crippen molar-refractivity contribution in [3.63, 3.8) is 0 Å². The molecule has 2 heterocycles. The number of aliphatic imine (C=N–C) groups is 1. The van der Waals surface area contributed by atoms with Gasteiger partial charge in [0.1, 0.15) is 6.17 Å². The van der Waals surface area contributed by atoms with Crippen molar-refractivity contribution in [2.45, 2.75) is 50.7 Å². The Balaban J connectivity index is 1.35. The highest BCUT2D eigenvalue weighted by atomic mass is 32.2. The summed E-state index contributed by atoms with van der Waals surface area (Å²) >= 11 is 0. The van der Waals surface area contributed by atoms with Crippen LogP contribution in [0.3, 0.4) is 0 Å². The van der Waals surface area contributed by atoms with Crippen molar-refractivity contribution < 1.29 is 18.3 Å². The number of benzene rings is 2. The van der Waals surface area contributed by atoms with E-state index in [4.69, 9.17) is 5.11 Å². The van der Waals surface area contributed by atoms with Crippen LogP contribution in [-0.4, -0.2) is 75.0 Å². The fraction of sp³-hybridized carbons (Fsp3) is 0.429. The van der Waals surface area contributed by atoms with E-state index in [9.17, 15) is 13.2 Å². The summed E-state index contributed by atoms with van der Waals surface area (Å²) < 4.78 is 28.3. The summed E-state index contributed by atoms with van der Waals surface area (Å²) in [4.78, 5) is 20.0. The number of nitrogens with zero attached hydrogens (tertiary/aromatic N) is 3. The molecule has 0 aliphatic carbocycles. The van der Waals surface area contributed by atoms with Crippen LogP contribution < -0.4 is 20.3 Å². The van der Waals surface area contributed by atoms with Crippen molar-refractivity contribution in [1.29, 1.82) is 0 Å². The zero-order valence-electron chi connectivity index (χ0n) is 22.9. The largest absolute Gasteiger partial charge is 0.480 e. The monoisotopic (exact) mass is 554 g/mol. The summed E-state index contributed by atoms with van der Waals surface area (Å²) in [5, 5.41) is 15.9. The summed E-state index contributed by atoms with van der Waals surface area (Å²) in [6.07, 6.45) is 2.28. The minimum absolute atomic E-state index is 0.0856. The first kappa shape index (κ1) is 28.6. The van der Waals surface area contributed by atoms with Crippen molar-refractivity contribution in [2.75, 3.05) is 48.3 Å². The van der Waals surface area contributed by atoms with Crippen LogP contribution in [0.1, 0.15) is 34.1 Å². The molecule has 4 N–H and O–H groups in total. The molecule has 0 saturated carbocycles. The number of carbonyl (C=O) groups is 1. The second-order valence-electron chi connectivity index (χ2n) is 11.0. The number of sulfonamides is 1. The van der Waals surface area contributed by atoms with Crippen LogP contribution in [0.5, 0.6) is 0 Å². The smallest absolute Gasteiger partial charge is 0.317 e. The number of hydrogen-bond acceptors (Lipinski definition) is 8. The number of allylic oxidation sites excluding steroid dienone is 1. The van der Waals surface area contributed by atoms with E-state index in [2.05, 4.69) is 37.4 Å². The Morgan fingerprint density at radius 3 is 2.38 bits per heavy atom. The van der Waals surface area contributed by atoms with E-state index in [0.29, 0.717) is 12.1 Å². The Kier molecular flexibility index (Phi) is 8.63. The highest BCUT2D eigenvalue weighted by Gasteiger charge is 2.23. The van der Waals surface area contributed by atoms with Gasteiger partial charge in [0.05, 0.1) is 11.4 Å². The van der Waals surface area contributed by atoms with Gasteiger partial charge in [0.15, 0.2) is 0 Å². The van der Waals surface area contributed by atoms with Crippen LogP contribution in [0, 0.1) is 0 Å². The molecule has 0 spiro atoms. The number of dihydropyridines is 1. The van der Waals surface area contributed by atoms with Crippen LogP contribution in [-0.2, 0) is 14.8 Å². The van der Waals surface area contributed by atoms with E-state index in [1.54, 1.807) is 18.2 Å². The molecular formula is C28H38N6O4S. The summed E-state index contributed by atoms with van der Waals surface area (Å²) in [7, 11) is -3.64. The van der Waals surface area contributed by atoms with Crippen LogP contribution in [0.15, 0.2) is 69.7 Å². The molecule has 2 aromatic carbocycles. The Morgan fingerprint density at radius 1 is 1.05 bits per heavy atom. The van der Waals surface area contributed by atoms with Crippen LogP contribution in [0.2, 0.25) is 0 Å². The lowest BCUT2D eigenvalue weighted by Crippen LogP contribution is -2.47.